The number of amides is 2. The zero-order chi connectivity index (χ0) is 29.6. The van der Waals surface area contributed by atoms with Crippen molar-refractivity contribution in [3.05, 3.63) is 28.7 Å². The molecule has 0 radical (unpaired) electrons. The number of nitrogens with one attached hydrogen (secondary N) is 1. The van der Waals surface area contributed by atoms with E-state index in [0.29, 0.717) is 13.0 Å². The van der Waals surface area contributed by atoms with Gasteiger partial charge in [0.1, 0.15) is 0 Å². The average Bonchev–Trinajstić information content (AvgIpc) is 3.59. The molecule has 1 N–H and O–H groups in total. The summed E-state index contributed by atoms with van der Waals surface area (Å²) in [4.78, 5) is 40.5. The number of aromatic nitrogens is 1. The molecular formula is C30H51N2O7PS. The minimum Gasteiger partial charge on any atom is -0.756 e. The van der Waals surface area contributed by atoms with E-state index in [1.54, 1.807) is 6.20 Å². The minimum atomic E-state index is -4.61. The number of aromatic amines is 1. The van der Waals surface area contributed by atoms with Crippen molar-refractivity contribution in [1.82, 2.24) is 4.90 Å². The number of unbranched alkanes of at least 4 members (excludes halogenated alkanes) is 15. The van der Waals surface area contributed by atoms with E-state index in [1.807, 2.05) is 5.38 Å². The zero-order valence-corrected chi connectivity index (χ0v) is 26.6. The molecule has 9 nitrogen and oxygen atoms in total. The first-order chi connectivity index (χ1) is 19.9. The van der Waals surface area contributed by atoms with Crippen LogP contribution >= 0.6 is 19.2 Å². The first-order valence-corrected chi connectivity index (χ1v) is 17.9. The number of carbonyl (C=O) groups is 2. The molecular weight excluding hydrogens is 563 g/mol. The van der Waals surface area contributed by atoms with Crippen LogP contribution in [0.15, 0.2) is 23.7 Å². The fourth-order valence-corrected chi connectivity index (χ4v) is 6.20. The molecule has 234 valence electrons. The summed E-state index contributed by atoms with van der Waals surface area (Å²) in [6, 6.07) is -0.859. The Labute approximate surface area is 250 Å². The molecule has 41 heavy (non-hydrogen) atoms. The quantitative estimate of drug-likeness (QED) is 0.0660. The van der Waals surface area contributed by atoms with Crippen molar-refractivity contribution in [2.75, 3.05) is 26.4 Å². The van der Waals surface area contributed by atoms with Gasteiger partial charge in [-0.05, 0) is 6.42 Å². The largest absolute Gasteiger partial charge is 0.756 e. The molecule has 0 fully saturated rings. The summed E-state index contributed by atoms with van der Waals surface area (Å²) in [5.41, 5.74) is 0. The number of hydrogen-bond donors (Lipinski definition) is 0. The summed E-state index contributed by atoms with van der Waals surface area (Å²) in [5, 5.41) is 2.73. The van der Waals surface area contributed by atoms with Crippen LogP contribution in [0.1, 0.15) is 115 Å². The van der Waals surface area contributed by atoms with Crippen molar-refractivity contribution in [2.24, 2.45) is 0 Å². The van der Waals surface area contributed by atoms with Gasteiger partial charge in [-0.2, -0.15) is 0 Å². The normalized spacial score (nSPS) is 15.6. The second kappa shape index (κ2) is 22.2. The van der Waals surface area contributed by atoms with Crippen LogP contribution < -0.4 is 9.88 Å². The first kappa shape index (κ1) is 35.8. The standard InChI is InChI=1S/C30H51N2O7PS/c1-2-3-4-5-6-7-8-9-10-11-12-13-14-15-16-17-22-37-25-27(32-29(33)18-19-30(32)34)26-39-40(35,36)38-23-20-28-31-21-24-41-28/h18-19,21,24,27H,2-17,20,22-23,25-26H2,1H3,(H,35,36). The third-order valence-electron chi connectivity index (χ3n) is 7.19. The number of nitrogens with zero attached hydrogens (tertiary/aromatic N) is 1. The average molecular weight is 615 g/mol. The topological polar surface area (TPSA) is 119 Å². The number of ether oxygens (including phenoxy) is 1. The summed E-state index contributed by atoms with van der Waals surface area (Å²) in [5.74, 6) is -1.02. The highest BCUT2D eigenvalue weighted by Crippen LogP contribution is 2.38. The Balaban J connectivity index is 1.52. The van der Waals surface area contributed by atoms with Crippen molar-refractivity contribution in [1.29, 1.82) is 0 Å². The van der Waals surface area contributed by atoms with Crippen LogP contribution in [-0.2, 0) is 34.4 Å². The Morgan fingerprint density at radius 3 is 1.85 bits per heavy atom. The number of phosphoric acid groups is 1. The SMILES string of the molecule is CCCCCCCCCCCCCCCCCCOCC(COP(=O)([O-])OCCc1[nH+]ccs1)N1C(=O)C=CC1=O. The van der Waals surface area contributed by atoms with E-state index in [1.165, 1.54) is 94.8 Å². The number of rotatable bonds is 27. The fourth-order valence-electron chi connectivity index (χ4n) is 4.81. The third kappa shape index (κ3) is 16.7. The molecule has 0 spiro atoms. The Hall–Kier alpha value is -1.42. The molecule has 0 saturated carbocycles. The number of thiazole rings is 1. The van der Waals surface area contributed by atoms with E-state index < -0.39 is 32.3 Å². The Bertz CT molecular complexity index is 895. The molecule has 0 aromatic carbocycles. The maximum Gasteiger partial charge on any atom is 0.267 e. The fraction of sp³-hybridized carbons (Fsp3) is 0.767. The summed E-state index contributed by atoms with van der Waals surface area (Å²) in [6.45, 7) is 2.26. The van der Waals surface area contributed by atoms with E-state index in [0.717, 1.165) is 41.3 Å². The monoisotopic (exact) mass is 614 g/mol. The lowest BCUT2D eigenvalue weighted by Gasteiger charge is -2.29. The molecule has 2 amide bonds. The highest BCUT2D eigenvalue weighted by Gasteiger charge is 2.32. The summed E-state index contributed by atoms with van der Waals surface area (Å²) in [7, 11) is -4.61. The molecule has 1 aromatic rings. The number of imide groups is 1. The summed E-state index contributed by atoms with van der Waals surface area (Å²) < 4.78 is 27.9. The second-order valence-corrected chi connectivity index (χ2v) is 13.1. The molecule has 1 aliphatic heterocycles. The summed E-state index contributed by atoms with van der Waals surface area (Å²) >= 11 is 1.46. The van der Waals surface area contributed by atoms with E-state index in [2.05, 4.69) is 11.9 Å². The van der Waals surface area contributed by atoms with Crippen LogP contribution in [0, 0.1) is 0 Å². The van der Waals surface area contributed by atoms with Gasteiger partial charge >= 0.3 is 0 Å². The molecule has 0 bridgehead atoms. The molecule has 2 unspecified atom stereocenters. The first-order valence-electron chi connectivity index (χ1n) is 15.6. The van der Waals surface area contributed by atoms with Crippen molar-refractivity contribution < 1.29 is 37.8 Å². The molecule has 2 heterocycles. The van der Waals surface area contributed by atoms with Gasteiger partial charge in [0.25, 0.3) is 19.6 Å². The van der Waals surface area contributed by atoms with Gasteiger partial charge in [-0.15, -0.1) is 0 Å². The molecule has 0 saturated heterocycles. The van der Waals surface area contributed by atoms with Gasteiger partial charge in [0.05, 0.1) is 37.7 Å². The van der Waals surface area contributed by atoms with Crippen LogP contribution in [-0.4, -0.2) is 49.2 Å². The van der Waals surface area contributed by atoms with Crippen LogP contribution in [0.2, 0.25) is 0 Å². The Kier molecular flexibility index (Phi) is 19.3. The van der Waals surface area contributed by atoms with Crippen LogP contribution in [0.4, 0.5) is 0 Å². The number of phosphoric ester groups is 1. The molecule has 0 aliphatic carbocycles. The van der Waals surface area contributed by atoms with Gasteiger partial charge in [-0.1, -0.05) is 115 Å². The lowest BCUT2D eigenvalue weighted by molar-refractivity contribution is -0.382. The van der Waals surface area contributed by atoms with Crippen LogP contribution in [0.25, 0.3) is 0 Å². The minimum absolute atomic E-state index is 0.00204. The van der Waals surface area contributed by atoms with Crippen LogP contribution in [0.5, 0.6) is 0 Å². The van der Waals surface area contributed by atoms with Gasteiger partial charge in [-0.25, -0.2) is 4.98 Å². The van der Waals surface area contributed by atoms with Gasteiger partial charge in [0, 0.05) is 18.8 Å². The van der Waals surface area contributed by atoms with Crippen LogP contribution in [0.3, 0.4) is 0 Å². The third-order valence-corrected chi connectivity index (χ3v) is 9.03. The molecule has 2 rings (SSSR count). The second-order valence-electron chi connectivity index (χ2n) is 10.7. The van der Waals surface area contributed by atoms with Gasteiger partial charge < -0.3 is 18.7 Å². The molecule has 1 aliphatic rings. The smallest absolute Gasteiger partial charge is 0.267 e. The lowest BCUT2D eigenvalue weighted by Crippen LogP contribution is -2.45. The number of hydrogen-bond acceptors (Lipinski definition) is 8. The highest BCUT2D eigenvalue weighted by atomic mass is 32.1. The lowest BCUT2D eigenvalue weighted by atomic mass is 10.0. The predicted octanol–water partition coefficient (Wildman–Crippen LogP) is 6.18. The predicted molar refractivity (Wildman–Crippen MR) is 159 cm³/mol. The van der Waals surface area contributed by atoms with Crippen molar-refractivity contribution >= 4 is 31.0 Å². The van der Waals surface area contributed by atoms with Crippen molar-refractivity contribution in [3.63, 3.8) is 0 Å². The summed E-state index contributed by atoms with van der Waals surface area (Å²) in [6.07, 6.45) is 25.1. The van der Waals surface area contributed by atoms with Gasteiger partial charge in [0.2, 0.25) is 5.01 Å². The van der Waals surface area contributed by atoms with E-state index >= 15 is 0 Å². The van der Waals surface area contributed by atoms with Gasteiger partial charge in [-0.3, -0.25) is 19.1 Å². The van der Waals surface area contributed by atoms with Crippen molar-refractivity contribution in [3.8, 4) is 0 Å². The van der Waals surface area contributed by atoms with Crippen molar-refractivity contribution in [2.45, 2.75) is 122 Å². The maximum absolute atomic E-state index is 12.2. The Morgan fingerprint density at radius 2 is 1.34 bits per heavy atom. The van der Waals surface area contributed by atoms with E-state index in [4.69, 9.17) is 13.8 Å². The highest BCUT2D eigenvalue weighted by molar-refractivity contribution is 7.45. The van der Waals surface area contributed by atoms with Gasteiger partial charge in [0.15, 0.2) is 6.20 Å². The maximum atomic E-state index is 12.2. The van der Waals surface area contributed by atoms with E-state index in [9.17, 15) is 19.0 Å². The molecule has 2 atom stereocenters. The zero-order valence-electron chi connectivity index (χ0n) is 24.9. The van der Waals surface area contributed by atoms with E-state index in [-0.39, 0.29) is 13.2 Å². The number of carbonyl (C=O) groups excluding carboxylic acids is 2. The molecule has 1 aromatic heterocycles. The molecule has 11 heteroatoms. The Morgan fingerprint density at radius 1 is 0.805 bits per heavy atom. The number of H-pyrrole nitrogens is 1.